The summed E-state index contributed by atoms with van der Waals surface area (Å²) in [6.45, 7) is 2.68. The molecule has 21 heavy (non-hydrogen) atoms. The number of carbonyl (C=O) groups excluding carboxylic acids is 1. The van der Waals surface area contributed by atoms with Crippen LogP contribution in [0.5, 0.6) is 0 Å². The van der Waals surface area contributed by atoms with Crippen LogP contribution in [0, 0.1) is 12.7 Å². The SMILES string of the molecule is Cc1ccc2c(c1)C(NCCc1ccc(F)cc1)C(=O)N2. The molecule has 0 saturated carbocycles. The second kappa shape index (κ2) is 5.66. The lowest BCUT2D eigenvalue weighted by Crippen LogP contribution is -2.29. The lowest BCUT2D eigenvalue weighted by atomic mass is 10.0. The smallest absolute Gasteiger partial charge is 0.246 e. The molecule has 4 heteroatoms. The van der Waals surface area contributed by atoms with Crippen molar-refractivity contribution in [3.63, 3.8) is 0 Å². The molecule has 108 valence electrons. The number of aryl methyl sites for hydroxylation is 1. The molecule has 0 spiro atoms. The van der Waals surface area contributed by atoms with Gasteiger partial charge in [-0.3, -0.25) is 4.79 Å². The van der Waals surface area contributed by atoms with Gasteiger partial charge in [-0.2, -0.15) is 0 Å². The Labute approximate surface area is 123 Å². The minimum Gasteiger partial charge on any atom is -0.324 e. The maximum absolute atomic E-state index is 12.8. The van der Waals surface area contributed by atoms with Crippen LogP contribution in [0.3, 0.4) is 0 Å². The molecule has 1 aliphatic rings. The van der Waals surface area contributed by atoms with Crippen molar-refractivity contribution in [1.82, 2.24) is 5.32 Å². The van der Waals surface area contributed by atoms with E-state index in [0.29, 0.717) is 6.54 Å². The van der Waals surface area contributed by atoms with Crippen molar-refractivity contribution in [2.24, 2.45) is 0 Å². The number of anilines is 1. The number of carbonyl (C=O) groups is 1. The highest BCUT2D eigenvalue weighted by atomic mass is 19.1. The Balaban J connectivity index is 1.65. The second-order valence-electron chi connectivity index (χ2n) is 5.34. The fraction of sp³-hybridized carbons (Fsp3) is 0.235. The highest BCUT2D eigenvalue weighted by molar-refractivity contribution is 6.02. The molecule has 1 amide bonds. The summed E-state index contributed by atoms with van der Waals surface area (Å²) in [4.78, 5) is 12.0. The summed E-state index contributed by atoms with van der Waals surface area (Å²) in [5, 5.41) is 6.15. The van der Waals surface area contributed by atoms with Crippen molar-refractivity contribution in [3.05, 3.63) is 65.0 Å². The van der Waals surface area contributed by atoms with Crippen LogP contribution in [-0.2, 0) is 11.2 Å². The van der Waals surface area contributed by atoms with Gasteiger partial charge in [0.15, 0.2) is 0 Å². The molecular weight excluding hydrogens is 267 g/mol. The van der Waals surface area contributed by atoms with Crippen molar-refractivity contribution < 1.29 is 9.18 Å². The molecule has 0 aliphatic carbocycles. The van der Waals surface area contributed by atoms with Gasteiger partial charge < -0.3 is 10.6 Å². The van der Waals surface area contributed by atoms with E-state index in [0.717, 1.165) is 28.8 Å². The summed E-state index contributed by atoms with van der Waals surface area (Å²) in [5.41, 5.74) is 4.06. The van der Waals surface area contributed by atoms with E-state index in [1.54, 1.807) is 12.1 Å². The van der Waals surface area contributed by atoms with Crippen LogP contribution in [0.4, 0.5) is 10.1 Å². The zero-order valence-corrected chi connectivity index (χ0v) is 11.8. The molecule has 2 N–H and O–H groups in total. The molecular formula is C17H17FN2O. The molecule has 0 bridgehead atoms. The molecule has 3 rings (SSSR count). The van der Waals surface area contributed by atoms with E-state index in [2.05, 4.69) is 10.6 Å². The van der Waals surface area contributed by atoms with Gasteiger partial charge in [0, 0.05) is 17.8 Å². The number of amides is 1. The number of nitrogens with one attached hydrogen (secondary N) is 2. The van der Waals surface area contributed by atoms with Crippen molar-refractivity contribution in [2.45, 2.75) is 19.4 Å². The highest BCUT2D eigenvalue weighted by Gasteiger charge is 2.29. The van der Waals surface area contributed by atoms with E-state index >= 15 is 0 Å². The Morgan fingerprint density at radius 1 is 1.19 bits per heavy atom. The summed E-state index contributed by atoms with van der Waals surface area (Å²) >= 11 is 0. The van der Waals surface area contributed by atoms with Crippen LogP contribution in [0.15, 0.2) is 42.5 Å². The van der Waals surface area contributed by atoms with Gasteiger partial charge in [0.05, 0.1) is 0 Å². The van der Waals surface area contributed by atoms with Crippen LogP contribution in [0.2, 0.25) is 0 Å². The predicted molar refractivity (Wildman–Crippen MR) is 80.7 cm³/mol. The van der Waals surface area contributed by atoms with Crippen LogP contribution < -0.4 is 10.6 Å². The molecule has 1 atom stereocenters. The molecule has 2 aromatic rings. The van der Waals surface area contributed by atoms with Gasteiger partial charge in [0.2, 0.25) is 5.91 Å². The molecule has 1 heterocycles. The third kappa shape index (κ3) is 2.95. The van der Waals surface area contributed by atoms with Gasteiger partial charge >= 0.3 is 0 Å². The molecule has 0 saturated heterocycles. The molecule has 3 nitrogen and oxygen atoms in total. The van der Waals surface area contributed by atoms with Crippen LogP contribution >= 0.6 is 0 Å². The third-order valence-electron chi connectivity index (χ3n) is 3.71. The van der Waals surface area contributed by atoms with Crippen LogP contribution in [0.1, 0.15) is 22.7 Å². The number of fused-ring (bicyclic) bond motifs is 1. The first-order valence-electron chi connectivity index (χ1n) is 7.03. The normalized spacial score (nSPS) is 16.7. The van der Waals surface area contributed by atoms with Gasteiger partial charge in [-0.25, -0.2) is 4.39 Å². The van der Waals surface area contributed by atoms with Gasteiger partial charge in [0.1, 0.15) is 11.9 Å². The summed E-state index contributed by atoms with van der Waals surface area (Å²) < 4.78 is 12.8. The second-order valence-corrected chi connectivity index (χ2v) is 5.34. The number of rotatable bonds is 4. The van der Waals surface area contributed by atoms with Gasteiger partial charge in [-0.05, 0) is 37.1 Å². The quantitative estimate of drug-likeness (QED) is 0.906. The third-order valence-corrected chi connectivity index (χ3v) is 3.71. The van der Waals surface area contributed by atoms with Gasteiger partial charge in [-0.15, -0.1) is 0 Å². The molecule has 0 radical (unpaired) electrons. The van der Waals surface area contributed by atoms with E-state index < -0.39 is 0 Å². The molecule has 1 unspecified atom stereocenters. The zero-order valence-electron chi connectivity index (χ0n) is 11.8. The van der Waals surface area contributed by atoms with Crippen molar-refractivity contribution in [2.75, 3.05) is 11.9 Å². The van der Waals surface area contributed by atoms with Gasteiger partial charge in [-0.1, -0.05) is 29.8 Å². The van der Waals surface area contributed by atoms with Crippen molar-refractivity contribution in [3.8, 4) is 0 Å². The average molecular weight is 284 g/mol. The maximum Gasteiger partial charge on any atom is 0.246 e. The fourth-order valence-corrected chi connectivity index (χ4v) is 2.60. The molecule has 2 aromatic carbocycles. The predicted octanol–water partition coefficient (Wildman–Crippen LogP) is 2.96. The number of hydrogen-bond acceptors (Lipinski definition) is 2. The minimum absolute atomic E-state index is 0.0188. The van der Waals surface area contributed by atoms with E-state index in [4.69, 9.17) is 0 Å². The number of halogens is 1. The standard InChI is InChI=1S/C17H17FN2O/c1-11-2-7-15-14(10-11)16(17(21)20-15)19-9-8-12-3-5-13(18)6-4-12/h2-7,10,16,19H,8-9H2,1H3,(H,20,21). The van der Waals surface area contributed by atoms with Crippen molar-refractivity contribution >= 4 is 11.6 Å². The van der Waals surface area contributed by atoms with Crippen molar-refractivity contribution in [1.29, 1.82) is 0 Å². The topological polar surface area (TPSA) is 41.1 Å². The van der Waals surface area contributed by atoms with E-state index in [1.165, 1.54) is 12.1 Å². The number of hydrogen-bond donors (Lipinski definition) is 2. The Bertz CT molecular complexity index is 667. The monoisotopic (exact) mass is 284 g/mol. The van der Waals surface area contributed by atoms with Crippen LogP contribution in [-0.4, -0.2) is 12.5 Å². The first-order chi connectivity index (χ1) is 10.1. The molecule has 0 fully saturated rings. The Morgan fingerprint density at radius 2 is 1.95 bits per heavy atom. The van der Waals surface area contributed by atoms with E-state index in [-0.39, 0.29) is 17.8 Å². The maximum atomic E-state index is 12.8. The molecule has 0 aromatic heterocycles. The molecule has 1 aliphatic heterocycles. The van der Waals surface area contributed by atoms with Gasteiger partial charge in [0.25, 0.3) is 0 Å². The first kappa shape index (κ1) is 13.8. The Morgan fingerprint density at radius 3 is 2.71 bits per heavy atom. The summed E-state index contributed by atoms with van der Waals surface area (Å²) in [6, 6.07) is 12.1. The summed E-state index contributed by atoms with van der Waals surface area (Å²) in [5.74, 6) is -0.249. The lowest BCUT2D eigenvalue weighted by molar-refractivity contribution is -0.117. The minimum atomic E-state index is -0.305. The fourth-order valence-electron chi connectivity index (χ4n) is 2.60. The Kier molecular flexibility index (Phi) is 3.71. The van der Waals surface area contributed by atoms with E-state index in [1.807, 2.05) is 25.1 Å². The highest BCUT2D eigenvalue weighted by Crippen LogP contribution is 2.31. The summed E-state index contributed by atoms with van der Waals surface area (Å²) in [7, 11) is 0. The largest absolute Gasteiger partial charge is 0.324 e. The Hall–Kier alpha value is -2.20. The summed E-state index contributed by atoms with van der Waals surface area (Å²) in [6.07, 6.45) is 0.755. The lowest BCUT2D eigenvalue weighted by Gasteiger charge is -2.12. The number of benzene rings is 2. The van der Waals surface area contributed by atoms with E-state index in [9.17, 15) is 9.18 Å². The zero-order chi connectivity index (χ0) is 14.8. The first-order valence-corrected chi connectivity index (χ1v) is 7.03. The average Bonchev–Trinajstić information content (AvgIpc) is 2.77. The van der Waals surface area contributed by atoms with Crippen LogP contribution in [0.25, 0.3) is 0 Å².